The molecular formula is C41H68FN6O6P. The second-order valence-electron chi connectivity index (χ2n) is 13.2. The molecule has 2 heterocycles. The third-order valence-electron chi connectivity index (χ3n) is 8.96. The number of benzene rings is 1. The summed E-state index contributed by atoms with van der Waals surface area (Å²) in [5.74, 6) is -0.0288. The number of methoxy groups -OCH3 is 1. The van der Waals surface area contributed by atoms with Gasteiger partial charge in [-0.15, -0.1) is 0 Å². The number of nitrogens with zero attached hydrogens (tertiary/aromatic N) is 5. The van der Waals surface area contributed by atoms with E-state index < -0.39 is 14.4 Å². The number of ether oxygens (including phenoxy) is 1. The molecule has 2 aromatic heterocycles. The highest BCUT2D eigenvalue weighted by Crippen LogP contribution is 2.33. The van der Waals surface area contributed by atoms with Gasteiger partial charge in [0.25, 0.3) is 0 Å². The smallest absolute Gasteiger partial charge is 0.329 e. The molecule has 2 unspecified atom stereocenters. The van der Waals surface area contributed by atoms with Gasteiger partial charge in [0.2, 0.25) is 0 Å². The zero-order valence-electron chi connectivity index (χ0n) is 33.6. The van der Waals surface area contributed by atoms with Gasteiger partial charge in [0.15, 0.2) is 5.82 Å². The first-order valence-electron chi connectivity index (χ1n) is 19.8. The monoisotopic (exact) mass is 790 g/mol. The quantitative estimate of drug-likeness (QED) is 0.0404. The molecule has 0 saturated carbocycles. The van der Waals surface area contributed by atoms with E-state index in [2.05, 4.69) is 23.6 Å². The third kappa shape index (κ3) is 25.5. The second-order valence-corrected chi connectivity index (χ2v) is 14.2. The molecule has 3 aromatic rings. The minimum Gasteiger partial charge on any atom is -0.400 e. The highest BCUT2D eigenvalue weighted by molar-refractivity contribution is 7.40. The molecule has 55 heavy (non-hydrogen) atoms. The highest BCUT2D eigenvalue weighted by atomic mass is 31.2. The number of hydrogen-bond acceptors (Lipinski definition) is 11. The highest BCUT2D eigenvalue weighted by Gasteiger charge is 2.15. The van der Waals surface area contributed by atoms with Crippen molar-refractivity contribution in [1.29, 1.82) is 10.5 Å². The lowest BCUT2D eigenvalue weighted by Gasteiger charge is -2.17. The zero-order valence-corrected chi connectivity index (χ0v) is 34.5. The van der Waals surface area contributed by atoms with Crippen LogP contribution in [0.5, 0.6) is 0 Å². The molecule has 0 fully saturated rings. The summed E-state index contributed by atoms with van der Waals surface area (Å²) in [6.45, 7) is 6.37. The molecule has 0 radical (unpaired) electrons. The van der Waals surface area contributed by atoms with Crippen LogP contribution in [0.4, 0.5) is 10.2 Å². The number of aliphatic hydroxyl groups is 2. The molecule has 1 aromatic carbocycles. The lowest BCUT2D eigenvalue weighted by Crippen LogP contribution is -2.18. The van der Waals surface area contributed by atoms with Gasteiger partial charge in [-0.05, 0) is 55.2 Å². The molecule has 0 bridgehead atoms. The predicted octanol–water partition coefficient (Wildman–Crippen LogP) is 9.49. The van der Waals surface area contributed by atoms with Crippen molar-refractivity contribution in [3.8, 4) is 12.6 Å². The largest absolute Gasteiger partial charge is 0.400 e. The fourth-order valence-corrected chi connectivity index (χ4v) is 6.56. The summed E-state index contributed by atoms with van der Waals surface area (Å²) >= 11 is 0. The Labute approximate surface area is 330 Å². The lowest BCUT2D eigenvalue weighted by molar-refractivity contribution is 0.0440. The van der Waals surface area contributed by atoms with Crippen molar-refractivity contribution in [1.82, 2.24) is 14.6 Å². The van der Waals surface area contributed by atoms with Gasteiger partial charge >= 0.3 is 8.60 Å². The minimum atomic E-state index is -1.87. The average Bonchev–Trinajstić information content (AvgIpc) is 3.64. The molecule has 310 valence electrons. The van der Waals surface area contributed by atoms with E-state index in [1.165, 1.54) is 121 Å². The predicted molar refractivity (Wildman–Crippen MR) is 218 cm³/mol. The number of nitrogens with two attached hydrogens (primary N) is 1. The maximum atomic E-state index is 12.5. The van der Waals surface area contributed by atoms with Crippen molar-refractivity contribution in [2.24, 2.45) is 0 Å². The fourth-order valence-electron chi connectivity index (χ4n) is 5.91. The van der Waals surface area contributed by atoms with Crippen molar-refractivity contribution in [3.05, 3.63) is 59.3 Å². The van der Waals surface area contributed by atoms with Gasteiger partial charge < -0.3 is 34.6 Å². The maximum Gasteiger partial charge on any atom is 0.329 e. The van der Waals surface area contributed by atoms with E-state index in [4.69, 9.17) is 40.3 Å². The first-order valence-corrected chi connectivity index (χ1v) is 20.9. The maximum absolute atomic E-state index is 12.5. The first-order chi connectivity index (χ1) is 26.9. The first kappa shape index (κ1) is 51.7. The summed E-state index contributed by atoms with van der Waals surface area (Å²) in [4.78, 5) is 14.1. The molecule has 0 amide bonds. The van der Waals surface area contributed by atoms with E-state index in [9.17, 15) is 9.28 Å². The summed E-state index contributed by atoms with van der Waals surface area (Å²) in [5.41, 5.74) is 8.38. The number of anilines is 1. The normalized spacial score (nSPS) is 11.6. The number of halogens is 1. The Bertz CT molecular complexity index is 1410. The standard InChI is InChI=1S/C31H57N4O4P.C8H6FNO.CHN.CH4O/c1-3-4-5-6-7-8-9-10-11-12-13-14-15-16-17-18-19-20-25-38-40(36)39-26-29(37-2)23-21-28-22-24-30-31(32)33-27-34-35(28)30;9-8-2-6(4-10)1-7(3-8)5-11;2*1-2/h22,24,27,29,36H,3-21,23,25-26H2,1-2H3,(H2,32,33,34);1-3,11H,5H2;1H;2H,1H3. The van der Waals surface area contributed by atoms with Crippen LogP contribution in [0.3, 0.4) is 0 Å². The SMILES string of the molecule is C#N.CCCCCCCCCCCCCCCCCCCCOP(O)OCC(CCc1ccc2c(N)ncnn12)OC.CO.N#Cc1cc(F)cc(CO)c1. The van der Waals surface area contributed by atoms with Gasteiger partial charge in [-0.25, -0.2) is 19.2 Å². The number of aromatic nitrogens is 3. The Morgan fingerprint density at radius 1 is 0.873 bits per heavy atom. The van der Waals surface area contributed by atoms with Gasteiger partial charge in [-0.2, -0.15) is 10.4 Å². The van der Waals surface area contributed by atoms with Crippen molar-refractivity contribution in [2.75, 3.05) is 33.2 Å². The van der Waals surface area contributed by atoms with Crippen LogP contribution in [0.2, 0.25) is 0 Å². The van der Waals surface area contributed by atoms with E-state index in [0.717, 1.165) is 50.1 Å². The molecule has 12 nitrogen and oxygen atoms in total. The number of aryl methyl sites for hydroxylation is 1. The number of unbranched alkanes of at least 4 members (excludes halogenated alkanes) is 17. The minimum absolute atomic E-state index is 0.143. The van der Waals surface area contributed by atoms with Crippen LogP contribution in [0.15, 0.2) is 36.7 Å². The molecule has 0 aliphatic heterocycles. The Morgan fingerprint density at radius 3 is 1.93 bits per heavy atom. The lowest BCUT2D eigenvalue weighted by atomic mass is 10.0. The number of nitrogen functional groups attached to an aromatic ring is 1. The van der Waals surface area contributed by atoms with Crippen molar-refractivity contribution in [2.45, 2.75) is 148 Å². The Hall–Kier alpha value is -3.26. The third-order valence-corrected chi connectivity index (χ3v) is 9.73. The van der Waals surface area contributed by atoms with Crippen LogP contribution in [0, 0.1) is 29.0 Å². The molecule has 0 saturated heterocycles. The molecule has 5 N–H and O–H groups in total. The van der Waals surface area contributed by atoms with E-state index >= 15 is 0 Å². The molecule has 14 heteroatoms. The van der Waals surface area contributed by atoms with Crippen LogP contribution < -0.4 is 5.73 Å². The van der Waals surface area contributed by atoms with Gasteiger partial charge in [-0.3, -0.25) is 0 Å². The average molecular weight is 791 g/mol. The van der Waals surface area contributed by atoms with Crippen molar-refractivity contribution in [3.63, 3.8) is 0 Å². The topological polar surface area (TPSA) is 192 Å². The molecule has 0 spiro atoms. The molecule has 2 atom stereocenters. The summed E-state index contributed by atoms with van der Waals surface area (Å²) in [6, 6.07) is 9.47. The summed E-state index contributed by atoms with van der Waals surface area (Å²) in [7, 11) is 0.781. The summed E-state index contributed by atoms with van der Waals surface area (Å²) < 4.78 is 30.9. The van der Waals surface area contributed by atoms with E-state index in [-0.39, 0.29) is 24.9 Å². The number of rotatable bonds is 28. The van der Waals surface area contributed by atoms with Gasteiger partial charge in [-0.1, -0.05) is 116 Å². The van der Waals surface area contributed by atoms with Crippen LogP contribution in [0.1, 0.15) is 146 Å². The molecular weight excluding hydrogens is 722 g/mol. The van der Waals surface area contributed by atoms with Crippen LogP contribution in [0.25, 0.3) is 5.52 Å². The van der Waals surface area contributed by atoms with Gasteiger partial charge in [0.1, 0.15) is 17.7 Å². The van der Waals surface area contributed by atoms with E-state index in [1.54, 1.807) is 17.7 Å². The Kier molecular flexibility index (Phi) is 34.2. The Morgan fingerprint density at radius 2 is 1.42 bits per heavy atom. The van der Waals surface area contributed by atoms with E-state index in [0.29, 0.717) is 18.0 Å². The van der Waals surface area contributed by atoms with E-state index in [1.807, 2.05) is 12.1 Å². The van der Waals surface area contributed by atoms with Gasteiger partial charge in [0.05, 0.1) is 37.6 Å². The Balaban J connectivity index is 0.00000163. The van der Waals surface area contributed by atoms with Crippen LogP contribution in [-0.4, -0.2) is 63.2 Å². The molecule has 0 aliphatic rings. The van der Waals surface area contributed by atoms with Crippen LogP contribution >= 0.6 is 8.60 Å². The summed E-state index contributed by atoms with van der Waals surface area (Å²) in [5, 5.41) is 34.8. The molecule has 0 aliphatic carbocycles. The fraction of sp³-hybridized carbons (Fsp3) is 0.659. The number of aliphatic hydroxyl groups excluding tert-OH is 2. The molecule has 3 rings (SSSR count). The zero-order chi connectivity index (χ0) is 40.9. The summed E-state index contributed by atoms with van der Waals surface area (Å²) in [6.07, 6.45) is 27.2. The number of fused-ring (bicyclic) bond motifs is 1. The second kappa shape index (κ2) is 36.4. The number of hydrogen-bond donors (Lipinski definition) is 4. The van der Waals surface area contributed by atoms with Crippen molar-refractivity contribution >= 4 is 19.9 Å². The van der Waals surface area contributed by atoms with Gasteiger partial charge in [0, 0.05) is 26.5 Å². The van der Waals surface area contributed by atoms with Crippen LogP contribution in [-0.2, 0) is 26.8 Å². The number of nitriles is 2. The van der Waals surface area contributed by atoms with Crippen molar-refractivity contribution < 1.29 is 33.3 Å².